The minimum absolute atomic E-state index is 0.409. The zero-order valence-electron chi connectivity index (χ0n) is 9.04. The average molecular weight is 198 g/mol. The summed E-state index contributed by atoms with van der Waals surface area (Å²) in [6.45, 7) is 4.55. The number of nitrogens with two attached hydrogens (primary N) is 1. The summed E-state index contributed by atoms with van der Waals surface area (Å²) in [4.78, 5) is 4.17. The van der Waals surface area contributed by atoms with Crippen molar-refractivity contribution in [1.29, 1.82) is 0 Å². The largest absolute Gasteiger partial charge is 0.443 e. The van der Waals surface area contributed by atoms with Crippen LogP contribution in [-0.4, -0.2) is 18.6 Å². The first-order valence-electron chi connectivity index (χ1n) is 4.80. The molecular weight excluding hydrogens is 180 g/mol. The number of ether oxygens (including phenoxy) is 1. The molecule has 2 N–H and O–H groups in total. The van der Waals surface area contributed by atoms with Gasteiger partial charge in [-0.2, -0.15) is 0 Å². The minimum Gasteiger partial charge on any atom is -0.443 e. The van der Waals surface area contributed by atoms with E-state index in [1.54, 1.807) is 13.3 Å². The molecule has 1 aromatic rings. The van der Waals surface area contributed by atoms with Gasteiger partial charge in [0.1, 0.15) is 5.60 Å². The normalized spacial score (nSPS) is 12.0. The molecule has 80 valence electrons. The molecule has 4 nitrogen and oxygen atoms in total. The molecule has 14 heavy (non-hydrogen) atoms. The van der Waals surface area contributed by atoms with Crippen LogP contribution in [0.25, 0.3) is 0 Å². The number of aromatic nitrogens is 1. The number of aryl methyl sites for hydroxylation is 1. The second kappa shape index (κ2) is 4.57. The molecule has 0 fully saturated rings. The van der Waals surface area contributed by atoms with Gasteiger partial charge in [-0.1, -0.05) is 0 Å². The van der Waals surface area contributed by atoms with E-state index in [2.05, 4.69) is 4.98 Å². The van der Waals surface area contributed by atoms with Crippen LogP contribution in [0.1, 0.15) is 31.9 Å². The monoisotopic (exact) mass is 198 g/mol. The third-order valence-corrected chi connectivity index (χ3v) is 2.25. The Morgan fingerprint density at radius 3 is 2.86 bits per heavy atom. The van der Waals surface area contributed by atoms with E-state index in [0.29, 0.717) is 6.54 Å². The number of hydrogen-bond acceptors (Lipinski definition) is 4. The molecule has 0 spiro atoms. The van der Waals surface area contributed by atoms with Gasteiger partial charge in [0.15, 0.2) is 11.7 Å². The Morgan fingerprint density at radius 2 is 2.29 bits per heavy atom. The van der Waals surface area contributed by atoms with Gasteiger partial charge in [0.05, 0.1) is 6.20 Å². The Balaban J connectivity index is 2.67. The maximum atomic E-state index is 5.55. The highest BCUT2D eigenvalue weighted by atomic mass is 16.5. The third-order valence-electron chi connectivity index (χ3n) is 2.25. The van der Waals surface area contributed by atoms with E-state index in [9.17, 15) is 0 Å². The molecule has 0 radical (unpaired) electrons. The van der Waals surface area contributed by atoms with Crippen LogP contribution in [0.4, 0.5) is 0 Å². The van der Waals surface area contributed by atoms with E-state index in [-0.39, 0.29) is 0 Å². The van der Waals surface area contributed by atoms with Gasteiger partial charge in [-0.3, -0.25) is 0 Å². The summed E-state index contributed by atoms with van der Waals surface area (Å²) in [5.74, 6) is 1.49. The summed E-state index contributed by atoms with van der Waals surface area (Å²) in [7, 11) is 1.65. The number of hydrogen-bond donors (Lipinski definition) is 1. The number of methoxy groups -OCH3 is 1. The molecule has 0 aliphatic rings. The van der Waals surface area contributed by atoms with E-state index in [4.69, 9.17) is 14.9 Å². The smallest absolute Gasteiger partial charge is 0.194 e. The van der Waals surface area contributed by atoms with Gasteiger partial charge in [0.2, 0.25) is 0 Å². The molecule has 0 amide bonds. The predicted molar refractivity (Wildman–Crippen MR) is 53.9 cm³/mol. The number of oxazole rings is 1. The summed E-state index contributed by atoms with van der Waals surface area (Å²) in [6.07, 6.45) is 3.40. The third kappa shape index (κ3) is 2.56. The number of nitrogens with zero attached hydrogens (tertiary/aromatic N) is 1. The molecular formula is C10H18N2O2. The average Bonchev–Trinajstić information content (AvgIpc) is 2.63. The standard InChI is InChI=1S/C10H18N2O2/c1-10(2,13-3)8-7-12-9(14-8)5-4-6-11/h7H,4-6,11H2,1-3H3. The summed E-state index contributed by atoms with van der Waals surface area (Å²) in [5.41, 5.74) is 4.99. The van der Waals surface area contributed by atoms with Crippen molar-refractivity contribution in [3.8, 4) is 0 Å². The van der Waals surface area contributed by atoms with Gasteiger partial charge in [-0.25, -0.2) is 4.98 Å². The summed E-state index contributed by atoms with van der Waals surface area (Å²) in [6, 6.07) is 0. The van der Waals surface area contributed by atoms with Crippen LogP contribution >= 0.6 is 0 Å². The summed E-state index contributed by atoms with van der Waals surface area (Å²) < 4.78 is 10.8. The Labute approximate surface area is 84.5 Å². The first-order chi connectivity index (χ1) is 6.60. The maximum Gasteiger partial charge on any atom is 0.194 e. The molecule has 1 heterocycles. The van der Waals surface area contributed by atoms with Gasteiger partial charge < -0.3 is 14.9 Å². The topological polar surface area (TPSA) is 61.3 Å². The molecule has 0 unspecified atom stereocenters. The van der Waals surface area contributed by atoms with E-state index in [0.717, 1.165) is 24.5 Å². The van der Waals surface area contributed by atoms with Crippen molar-refractivity contribution in [2.24, 2.45) is 5.73 Å². The number of rotatable bonds is 5. The molecule has 0 bridgehead atoms. The van der Waals surface area contributed by atoms with E-state index >= 15 is 0 Å². The zero-order chi connectivity index (χ0) is 10.6. The second-order valence-corrected chi connectivity index (χ2v) is 3.72. The van der Waals surface area contributed by atoms with Gasteiger partial charge in [0.25, 0.3) is 0 Å². The van der Waals surface area contributed by atoms with Crippen molar-refractivity contribution >= 4 is 0 Å². The van der Waals surface area contributed by atoms with Crippen LogP contribution in [0, 0.1) is 0 Å². The van der Waals surface area contributed by atoms with Gasteiger partial charge in [-0.05, 0) is 26.8 Å². The van der Waals surface area contributed by atoms with Crippen molar-refractivity contribution in [3.63, 3.8) is 0 Å². The molecule has 0 aromatic carbocycles. The summed E-state index contributed by atoms with van der Waals surface area (Å²) in [5, 5.41) is 0. The Bertz CT molecular complexity index is 281. The molecule has 0 aliphatic carbocycles. The summed E-state index contributed by atoms with van der Waals surface area (Å²) >= 11 is 0. The fourth-order valence-corrected chi connectivity index (χ4v) is 1.06. The van der Waals surface area contributed by atoms with Crippen LogP contribution in [0.15, 0.2) is 10.6 Å². The van der Waals surface area contributed by atoms with Crippen LogP contribution < -0.4 is 5.73 Å². The van der Waals surface area contributed by atoms with Gasteiger partial charge in [-0.15, -0.1) is 0 Å². The molecule has 1 aromatic heterocycles. The van der Waals surface area contributed by atoms with Crippen molar-refractivity contribution < 1.29 is 9.15 Å². The van der Waals surface area contributed by atoms with Crippen LogP contribution in [0.2, 0.25) is 0 Å². The Kier molecular flexibility index (Phi) is 3.66. The van der Waals surface area contributed by atoms with Gasteiger partial charge in [0, 0.05) is 13.5 Å². The fraction of sp³-hybridized carbons (Fsp3) is 0.700. The van der Waals surface area contributed by atoms with Crippen molar-refractivity contribution in [2.75, 3.05) is 13.7 Å². The molecule has 0 atom stereocenters. The SMILES string of the molecule is COC(C)(C)c1cnc(CCCN)o1. The van der Waals surface area contributed by atoms with Gasteiger partial charge >= 0.3 is 0 Å². The quantitative estimate of drug-likeness (QED) is 0.777. The lowest BCUT2D eigenvalue weighted by molar-refractivity contribution is 0.000100. The van der Waals surface area contributed by atoms with Crippen molar-refractivity contribution in [1.82, 2.24) is 4.98 Å². The van der Waals surface area contributed by atoms with E-state index in [1.807, 2.05) is 13.8 Å². The minimum atomic E-state index is -0.409. The van der Waals surface area contributed by atoms with Crippen molar-refractivity contribution in [3.05, 3.63) is 17.8 Å². The van der Waals surface area contributed by atoms with Crippen LogP contribution in [-0.2, 0) is 16.8 Å². The molecule has 4 heteroatoms. The van der Waals surface area contributed by atoms with Crippen LogP contribution in [0.5, 0.6) is 0 Å². The Morgan fingerprint density at radius 1 is 1.57 bits per heavy atom. The lowest BCUT2D eigenvalue weighted by Gasteiger charge is -2.18. The highest BCUT2D eigenvalue weighted by Gasteiger charge is 2.24. The van der Waals surface area contributed by atoms with Crippen LogP contribution in [0.3, 0.4) is 0 Å². The lowest BCUT2D eigenvalue weighted by Crippen LogP contribution is -2.18. The second-order valence-electron chi connectivity index (χ2n) is 3.72. The highest BCUT2D eigenvalue weighted by Crippen LogP contribution is 2.24. The molecule has 0 aliphatic heterocycles. The predicted octanol–water partition coefficient (Wildman–Crippen LogP) is 1.45. The molecule has 0 saturated heterocycles. The fourth-order valence-electron chi connectivity index (χ4n) is 1.06. The zero-order valence-corrected chi connectivity index (χ0v) is 9.04. The van der Waals surface area contributed by atoms with Crippen molar-refractivity contribution in [2.45, 2.75) is 32.3 Å². The first-order valence-corrected chi connectivity index (χ1v) is 4.80. The molecule has 1 rings (SSSR count). The lowest BCUT2D eigenvalue weighted by atomic mass is 10.1. The van der Waals surface area contributed by atoms with E-state index < -0.39 is 5.60 Å². The van der Waals surface area contributed by atoms with E-state index in [1.165, 1.54) is 0 Å². The highest BCUT2D eigenvalue weighted by molar-refractivity contribution is 5.03. The first kappa shape index (κ1) is 11.2. The molecule has 0 saturated carbocycles. The maximum absolute atomic E-state index is 5.55. The Hall–Kier alpha value is -0.870.